The quantitative estimate of drug-likeness (QED) is 0.577. The first kappa shape index (κ1) is 15.8. The van der Waals surface area contributed by atoms with Crippen molar-refractivity contribution in [3.63, 3.8) is 0 Å². The van der Waals surface area contributed by atoms with E-state index in [1.54, 1.807) is 10.9 Å². The van der Waals surface area contributed by atoms with Gasteiger partial charge in [0.2, 0.25) is 5.95 Å². The lowest BCUT2D eigenvalue weighted by atomic mass is 10.1. The van der Waals surface area contributed by atoms with Gasteiger partial charge in [-0.05, 0) is 12.5 Å². The fourth-order valence-corrected chi connectivity index (χ4v) is 2.78. The second-order valence-corrected chi connectivity index (χ2v) is 5.78. The van der Waals surface area contributed by atoms with Crippen molar-refractivity contribution in [2.75, 3.05) is 0 Å². The van der Waals surface area contributed by atoms with Gasteiger partial charge >= 0.3 is 5.97 Å². The predicted octanol–water partition coefficient (Wildman–Crippen LogP) is 1.61. The first-order valence-corrected chi connectivity index (χ1v) is 7.84. The summed E-state index contributed by atoms with van der Waals surface area (Å²) in [6.07, 6.45) is 4.03. The van der Waals surface area contributed by atoms with E-state index in [4.69, 9.17) is 5.11 Å². The molecule has 0 radical (unpaired) electrons. The molecule has 0 bridgehead atoms. The van der Waals surface area contributed by atoms with Crippen LogP contribution in [0.1, 0.15) is 28.9 Å². The monoisotopic (exact) mass is 350 g/mol. The molecule has 0 fully saturated rings. The SMILES string of the molecule is CC(c1ccccc1)n1cnc2nc(-n3cc(C(=O)O)cn3)[nH]c(=O)c21. The highest BCUT2D eigenvalue weighted by molar-refractivity contribution is 5.86. The number of benzene rings is 1. The maximum atomic E-state index is 12.6. The van der Waals surface area contributed by atoms with Crippen LogP contribution in [-0.2, 0) is 0 Å². The lowest BCUT2D eigenvalue weighted by Crippen LogP contribution is -2.18. The first-order valence-electron chi connectivity index (χ1n) is 7.84. The van der Waals surface area contributed by atoms with E-state index in [2.05, 4.69) is 20.1 Å². The van der Waals surface area contributed by atoms with Crippen LogP contribution < -0.4 is 5.56 Å². The fourth-order valence-electron chi connectivity index (χ4n) is 2.78. The normalized spacial score (nSPS) is 12.3. The van der Waals surface area contributed by atoms with E-state index in [0.717, 1.165) is 5.56 Å². The standard InChI is InChI=1S/C17H14N6O3/c1-10(11-5-3-2-4-6-11)22-9-18-14-13(22)15(24)21-17(20-14)23-8-12(7-19-23)16(25)26/h2-10H,1H3,(H,25,26)(H,20,21,24). The van der Waals surface area contributed by atoms with Gasteiger partial charge in [0, 0.05) is 6.20 Å². The van der Waals surface area contributed by atoms with Gasteiger partial charge in [0.1, 0.15) is 0 Å². The first-order chi connectivity index (χ1) is 12.5. The van der Waals surface area contributed by atoms with E-state index in [9.17, 15) is 9.59 Å². The zero-order valence-corrected chi connectivity index (χ0v) is 13.7. The summed E-state index contributed by atoms with van der Waals surface area (Å²) in [7, 11) is 0. The van der Waals surface area contributed by atoms with Gasteiger partial charge in [0.25, 0.3) is 5.56 Å². The van der Waals surface area contributed by atoms with E-state index in [1.807, 2.05) is 37.3 Å². The molecule has 0 saturated carbocycles. The zero-order valence-electron chi connectivity index (χ0n) is 13.7. The molecule has 3 aromatic heterocycles. The second kappa shape index (κ2) is 5.96. The summed E-state index contributed by atoms with van der Waals surface area (Å²) in [6, 6.07) is 9.65. The average molecular weight is 350 g/mol. The Hall–Kier alpha value is -3.75. The number of H-pyrrole nitrogens is 1. The van der Waals surface area contributed by atoms with Crippen molar-refractivity contribution >= 4 is 17.1 Å². The molecule has 9 nitrogen and oxygen atoms in total. The highest BCUT2D eigenvalue weighted by Crippen LogP contribution is 2.20. The van der Waals surface area contributed by atoms with Crippen molar-refractivity contribution in [1.82, 2.24) is 29.3 Å². The molecule has 0 spiro atoms. The summed E-state index contributed by atoms with van der Waals surface area (Å²) >= 11 is 0. The number of aromatic nitrogens is 6. The van der Waals surface area contributed by atoms with Crippen LogP contribution in [0.5, 0.6) is 0 Å². The number of aromatic amines is 1. The molecule has 1 atom stereocenters. The maximum Gasteiger partial charge on any atom is 0.338 e. The fraction of sp³-hybridized carbons (Fsp3) is 0.118. The third kappa shape index (κ3) is 2.55. The zero-order chi connectivity index (χ0) is 18.3. The summed E-state index contributed by atoms with van der Waals surface area (Å²) < 4.78 is 2.95. The molecule has 9 heteroatoms. The third-order valence-corrected chi connectivity index (χ3v) is 4.17. The van der Waals surface area contributed by atoms with Crippen LogP contribution in [0.4, 0.5) is 0 Å². The largest absolute Gasteiger partial charge is 0.478 e. The van der Waals surface area contributed by atoms with Gasteiger partial charge in [0.05, 0.1) is 24.1 Å². The Kier molecular flexibility index (Phi) is 3.61. The number of nitrogens with zero attached hydrogens (tertiary/aromatic N) is 5. The Balaban J connectivity index is 1.80. The molecule has 0 aliphatic heterocycles. The van der Waals surface area contributed by atoms with Gasteiger partial charge in [-0.1, -0.05) is 30.3 Å². The summed E-state index contributed by atoms with van der Waals surface area (Å²) in [5, 5.41) is 12.9. The number of carboxylic acids is 1. The second-order valence-electron chi connectivity index (χ2n) is 5.78. The number of nitrogens with one attached hydrogen (secondary N) is 1. The molecule has 2 N–H and O–H groups in total. The molecule has 0 aliphatic rings. The summed E-state index contributed by atoms with van der Waals surface area (Å²) in [5.74, 6) is -1.01. The van der Waals surface area contributed by atoms with Gasteiger partial charge in [0.15, 0.2) is 11.2 Å². The van der Waals surface area contributed by atoms with Crippen LogP contribution in [0.3, 0.4) is 0 Å². The Morgan fingerprint density at radius 2 is 2.04 bits per heavy atom. The van der Waals surface area contributed by atoms with Crippen molar-refractivity contribution in [3.8, 4) is 5.95 Å². The lowest BCUT2D eigenvalue weighted by molar-refractivity contribution is 0.0697. The van der Waals surface area contributed by atoms with E-state index >= 15 is 0 Å². The van der Waals surface area contributed by atoms with Crippen molar-refractivity contribution in [2.24, 2.45) is 0 Å². The van der Waals surface area contributed by atoms with Crippen LogP contribution in [-0.4, -0.2) is 40.4 Å². The molecule has 3 heterocycles. The minimum atomic E-state index is -1.11. The number of hydrogen-bond donors (Lipinski definition) is 2. The highest BCUT2D eigenvalue weighted by Gasteiger charge is 2.17. The van der Waals surface area contributed by atoms with Crippen LogP contribution >= 0.6 is 0 Å². The number of fused-ring (bicyclic) bond motifs is 1. The molecule has 4 rings (SSSR count). The minimum absolute atomic E-state index is 0.00373. The van der Waals surface area contributed by atoms with Gasteiger partial charge in [-0.15, -0.1) is 0 Å². The molecule has 1 unspecified atom stereocenters. The highest BCUT2D eigenvalue weighted by atomic mass is 16.4. The Morgan fingerprint density at radius 3 is 2.73 bits per heavy atom. The molecule has 130 valence electrons. The Bertz CT molecular complexity index is 1160. The average Bonchev–Trinajstić information content (AvgIpc) is 3.29. The number of carboxylic acid groups (broad SMARTS) is 1. The lowest BCUT2D eigenvalue weighted by Gasteiger charge is -2.14. The number of carbonyl (C=O) groups is 1. The summed E-state index contributed by atoms with van der Waals surface area (Å²) in [4.78, 5) is 34.7. The summed E-state index contributed by atoms with van der Waals surface area (Å²) in [5.41, 5.74) is 1.26. The van der Waals surface area contributed by atoms with Crippen molar-refractivity contribution in [1.29, 1.82) is 0 Å². The number of imidazole rings is 1. The van der Waals surface area contributed by atoms with E-state index in [0.29, 0.717) is 5.52 Å². The Labute approximate surface area is 146 Å². The van der Waals surface area contributed by atoms with Crippen LogP contribution in [0.15, 0.2) is 53.8 Å². The topological polar surface area (TPSA) is 119 Å². The Morgan fingerprint density at radius 1 is 1.27 bits per heavy atom. The van der Waals surface area contributed by atoms with E-state index < -0.39 is 5.97 Å². The molecule has 0 saturated heterocycles. The van der Waals surface area contributed by atoms with Gasteiger partial charge in [-0.2, -0.15) is 10.1 Å². The molecular formula is C17H14N6O3. The third-order valence-electron chi connectivity index (χ3n) is 4.17. The smallest absolute Gasteiger partial charge is 0.338 e. The van der Waals surface area contributed by atoms with Gasteiger partial charge in [-0.25, -0.2) is 14.5 Å². The van der Waals surface area contributed by atoms with Crippen LogP contribution in [0.25, 0.3) is 17.1 Å². The van der Waals surface area contributed by atoms with Crippen LogP contribution in [0, 0.1) is 0 Å². The van der Waals surface area contributed by atoms with Crippen molar-refractivity contribution in [2.45, 2.75) is 13.0 Å². The molecular weight excluding hydrogens is 336 g/mol. The number of rotatable bonds is 4. The summed E-state index contributed by atoms with van der Waals surface area (Å²) in [6.45, 7) is 1.97. The number of hydrogen-bond acceptors (Lipinski definition) is 5. The molecule has 4 aromatic rings. The molecule has 1 aromatic carbocycles. The molecule has 0 aliphatic carbocycles. The van der Waals surface area contributed by atoms with Gasteiger partial charge < -0.3 is 9.67 Å². The van der Waals surface area contributed by atoms with Crippen molar-refractivity contribution < 1.29 is 9.90 Å². The van der Waals surface area contributed by atoms with Crippen molar-refractivity contribution in [3.05, 3.63) is 70.5 Å². The maximum absolute atomic E-state index is 12.6. The van der Waals surface area contributed by atoms with E-state index in [-0.39, 0.29) is 28.8 Å². The number of aromatic carboxylic acids is 1. The van der Waals surface area contributed by atoms with Crippen LogP contribution in [0.2, 0.25) is 0 Å². The minimum Gasteiger partial charge on any atom is -0.478 e. The molecule has 0 amide bonds. The van der Waals surface area contributed by atoms with E-state index in [1.165, 1.54) is 17.1 Å². The van der Waals surface area contributed by atoms with Gasteiger partial charge in [-0.3, -0.25) is 9.78 Å². The predicted molar refractivity (Wildman–Crippen MR) is 92.5 cm³/mol. The molecule has 26 heavy (non-hydrogen) atoms.